The third kappa shape index (κ3) is 4.20. The maximum atomic E-state index is 12.4. The average Bonchev–Trinajstić information content (AvgIpc) is 2.78. The predicted octanol–water partition coefficient (Wildman–Crippen LogP) is 3.62. The molecular formula is C24H24N2O4. The van der Waals surface area contributed by atoms with Crippen LogP contribution in [0.1, 0.15) is 28.9 Å². The molecule has 2 atom stereocenters. The Hall–Kier alpha value is -3.22. The van der Waals surface area contributed by atoms with Gasteiger partial charge < -0.3 is 20.1 Å². The van der Waals surface area contributed by atoms with Crippen molar-refractivity contribution in [1.82, 2.24) is 5.32 Å². The molecule has 0 radical (unpaired) electrons. The molecule has 4 rings (SSSR count). The van der Waals surface area contributed by atoms with Crippen LogP contribution in [-0.2, 0) is 9.53 Å². The van der Waals surface area contributed by atoms with Crippen LogP contribution in [0.25, 0.3) is 10.8 Å². The van der Waals surface area contributed by atoms with E-state index in [1.807, 2.05) is 12.1 Å². The molecule has 3 aromatic carbocycles. The van der Waals surface area contributed by atoms with E-state index in [-0.39, 0.29) is 30.2 Å². The van der Waals surface area contributed by atoms with Gasteiger partial charge in [-0.05, 0) is 41.5 Å². The molecule has 1 unspecified atom stereocenters. The molecule has 30 heavy (non-hydrogen) atoms. The first-order valence-electron chi connectivity index (χ1n) is 9.99. The Morgan fingerprint density at radius 2 is 1.93 bits per heavy atom. The smallest absolute Gasteiger partial charge is 0.335 e. The number of anilines is 1. The summed E-state index contributed by atoms with van der Waals surface area (Å²) in [5.41, 5.74) is 1.95. The van der Waals surface area contributed by atoms with Gasteiger partial charge in [0.2, 0.25) is 0 Å². The second-order valence-electron chi connectivity index (χ2n) is 7.49. The number of benzene rings is 3. The quantitative estimate of drug-likeness (QED) is 0.656. The van der Waals surface area contributed by atoms with Gasteiger partial charge in [0.25, 0.3) is 5.91 Å². The number of carbonyl (C=O) groups is 2. The second-order valence-corrected chi connectivity index (χ2v) is 7.49. The molecule has 1 aliphatic rings. The van der Waals surface area contributed by atoms with Gasteiger partial charge in [-0.15, -0.1) is 0 Å². The van der Waals surface area contributed by atoms with Crippen molar-refractivity contribution in [3.8, 4) is 0 Å². The summed E-state index contributed by atoms with van der Waals surface area (Å²) in [4.78, 5) is 25.2. The summed E-state index contributed by atoms with van der Waals surface area (Å²) < 4.78 is 5.72. The lowest BCUT2D eigenvalue weighted by molar-refractivity contribution is -0.129. The van der Waals surface area contributed by atoms with E-state index in [4.69, 9.17) is 4.74 Å². The maximum absolute atomic E-state index is 12.4. The van der Waals surface area contributed by atoms with Gasteiger partial charge in [-0.25, -0.2) is 4.79 Å². The topological polar surface area (TPSA) is 78.9 Å². The van der Waals surface area contributed by atoms with Crippen LogP contribution in [0.2, 0.25) is 0 Å². The average molecular weight is 404 g/mol. The van der Waals surface area contributed by atoms with Crippen LogP contribution in [0, 0.1) is 0 Å². The first-order chi connectivity index (χ1) is 14.5. The van der Waals surface area contributed by atoms with Gasteiger partial charge in [-0.1, -0.05) is 48.5 Å². The monoisotopic (exact) mass is 404 g/mol. The summed E-state index contributed by atoms with van der Waals surface area (Å²) in [7, 11) is 0. The van der Waals surface area contributed by atoms with Crippen molar-refractivity contribution in [2.45, 2.75) is 19.1 Å². The number of carboxylic acid groups (broad SMARTS) is 1. The third-order valence-corrected chi connectivity index (χ3v) is 5.48. The molecule has 2 N–H and O–H groups in total. The number of nitrogens with one attached hydrogen (secondary N) is 1. The van der Waals surface area contributed by atoms with E-state index in [2.05, 4.69) is 42.6 Å². The number of amides is 1. The molecule has 0 aromatic heterocycles. The van der Waals surface area contributed by atoms with Crippen molar-refractivity contribution in [2.24, 2.45) is 0 Å². The molecule has 154 valence electrons. The van der Waals surface area contributed by atoms with Crippen molar-refractivity contribution < 1.29 is 19.4 Å². The number of ether oxygens (including phenoxy) is 1. The maximum Gasteiger partial charge on any atom is 0.335 e. The van der Waals surface area contributed by atoms with Gasteiger partial charge in [0.15, 0.2) is 0 Å². The largest absolute Gasteiger partial charge is 0.478 e. The number of carboxylic acids is 1. The fraction of sp³-hybridized carbons (Fsp3) is 0.250. The predicted molar refractivity (Wildman–Crippen MR) is 116 cm³/mol. The number of rotatable bonds is 6. The Balaban J connectivity index is 1.44. The minimum absolute atomic E-state index is 0.0215. The van der Waals surface area contributed by atoms with Crippen LogP contribution in [0.15, 0.2) is 66.7 Å². The highest BCUT2D eigenvalue weighted by atomic mass is 16.5. The minimum atomic E-state index is -1.01. The Labute approximate surface area is 175 Å². The number of hydrogen-bond donors (Lipinski definition) is 2. The first kappa shape index (κ1) is 20.1. The van der Waals surface area contributed by atoms with Crippen LogP contribution in [0.4, 0.5) is 5.69 Å². The van der Waals surface area contributed by atoms with Crippen molar-refractivity contribution in [3.63, 3.8) is 0 Å². The molecule has 6 nitrogen and oxygen atoms in total. The molecule has 1 aliphatic heterocycles. The summed E-state index contributed by atoms with van der Waals surface area (Å²) in [6, 6.07) is 21.1. The molecule has 0 aliphatic carbocycles. The summed E-state index contributed by atoms with van der Waals surface area (Å²) in [5.74, 6) is -1.18. The van der Waals surface area contributed by atoms with Crippen LogP contribution < -0.4 is 10.2 Å². The lowest BCUT2D eigenvalue weighted by Gasteiger charge is -2.33. The van der Waals surface area contributed by atoms with Gasteiger partial charge in [0.1, 0.15) is 6.61 Å². The standard InChI is InChI=1S/C24H24N2O4/c1-16(21-11-5-7-17-6-2-3-10-22(17)21)25-13-20-14-26(23(27)15-30-20)19-9-4-8-18(12-19)24(28)29/h2-12,16,20,25H,13-15H2,1H3,(H,28,29)/t16-,20?/m1/s1. The molecule has 3 aromatic rings. The molecule has 1 fully saturated rings. The summed E-state index contributed by atoms with van der Waals surface area (Å²) in [6.45, 7) is 3.04. The fourth-order valence-electron chi connectivity index (χ4n) is 3.85. The number of hydrogen-bond acceptors (Lipinski definition) is 4. The van der Waals surface area contributed by atoms with Crippen molar-refractivity contribution in [1.29, 1.82) is 0 Å². The van der Waals surface area contributed by atoms with Crippen molar-refractivity contribution in [3.05, 3.63) is 77.9 Å². The van der Waals surface area contributed by atoms with Crippen LogP contribution >= 0.6 is 0 Å². The molecule has 6 heteroatoms. The van der Waals surface area contributed by atoms with Crippen LogP contribution in [-0.4, -0.2) is 42.8 Å². The molecule has 1 heterocycles. The minimum Gasteiger partial charge on any atom is -0.478 e. The lowest BCUT2D eigenvalue weighted by Crippen LogP contribution is -2.50. The number of aromatic carboxylic acids is 1. The first-order valence-corrected chi connectivity index (χ1v) is 9.99. The van der Waals surface area contributed by atoms with Crippen LogP contribution in [0.5, 0.6) is 0 Å². The lowest BCUT2D eigenvalue weighted by atomic mass is 9.99. The van der Waals surface area contributed by atoms with E-state index in [9.17, 15) is 14.7 Å². The summed E-state index contributed by atoms with van der Waals surface area (Å²) >= 11 is 0. The van der Waals surface area contributed by atoms with Gasteiger partial charge in [-0.3, -0.25) is 4.79 Å². The zero-order chi connectivity index (χ0) is 21.1. The number of fused-ring (bicyclic) bond motifs is 1. The molecule has 0 bridgehead atoms. The zero-order valence-electron chi connectivity index (χ0n) is 16.7. The van der Waals surface area contributed by atoms with E-state index in [0.717, 1.165) is 0 Å². The fourth-order valence-corrected chi connectivity index (χ4v) is 3.85. The van der Waals surface area contributed by atoms with Gasteiger partial charge >= 0.3 is 5.97 Å². The van der Waals surface area contributed by atoms with E-state index < -0.39 is 5.97 Å². The second kappa shape index (κ2) is 8.65. The summed E-state index contributed by atoms with van der Waals surface area (Å²) in [6.07, 6.45) is -0.186. The number of morpholine rings is 1. The molecule has 0 saturated carbocycles. The highest BCUT2D eigenvalue weighted by Crippen LogP contribution is 2.25. The molecular weight excluding hydrogens is 380 g/mol. The van der Waals surface area contributed by atoms with Crippen LogP contribution in [0.3, 0.4) is 0 Å². The van der Waals surface area contributed by atoms with E-state index in [1.54, 1.807) is 17.0 Å². The van der Waals surface area contributed by atoms with E-state index in [0.29, 0.717) is 18.8 Å². The number of carbonyl (C=O) groups excluding carboxylic acids is 1. The SMILES string of the molecule is C[C@@H](NCC1CN(c2cccc(C(=O)O)c2)C(=O)CO1)c1cccc2ccccc12. The molecule has 1 saturated heterocycles. The van der Waals surface area contributed by atoms with Crippen molar-refractivity contribution >= 4 is 28.3 Å². The Bertz CT molecular complexity index is 1080. The third-order valence-electron chi connectivity index (χ3n) is 5.48. The van der Waals surface area contributed by atoms with E-state index in [1.165, 1.54) is 28.5 Å². The molecule has 1 amide bonds. The normalized spacial score (nSPS) is 17.8. The van der Waals surface area contributed by atoms with Gasteiger partial charge in [0, 0.05) is 18.3 Å². The van der Waals surface area contributed by atoms with E-state index >= 15 is 0 Å². The Morgan fingerprint density at radius 3 is 2.77 bits per heavy atom. The van der Waals surface area contributed by atoms with Gasteiger partial charge in [0.05, 0.1) is 18.2 Å². The highest BCUT2D eigenvalue weighted by molar-refractivity contribution is 5.97. The Morgan fingerprint density at radius 1 is 1.17 bits per heavy atom. The van der Waals surface area contributed by atoms with Crippen molar-refractivity contribution in [2.75, 3.05) is 24.6 Å². The number of nitrogens with zero attached hydrogens (tertiary/aromatic N) is 1. The zero-order valence-corrected chi connectivity index (χ0v) is 16.7. The molecule has 0 spiro atoms. The highest BCUT2D eigenvalue weighted by Gasteiger charge is 2.28. The van der Waals surface area contributed by atoms with Gasteiger partial charge in [-0.2, -0.15) is 0 Å². The Kier molecular flexibility index (Phi) is 5.79. The summed E-state index contributed by atoms with van der Waals surface area (Å²) in [5, 5.41) is 15.2.